The van der Waals surface area contributed by atoms with Crippen molar-refractivity contribution in [3.05, 3.63) is 41.6 Å². The van der Waals surface area contributed by atoms with Crippen LogP contribution in [0.25, 0.3) is 0 Å². The smallest absolute Gasteiger partial charge is 0.340 e. The van der Waals surface area contributed by atoms with Crippen molar-refractivity contribution < 1.29 is 23.9 Å². The number of nitrogens with one attached hydrogen (secondary N) is 1. The predicted molar refractivity (Wildman–Crippen MR) is 106 cm³/mol. The average Bonchev–Trinajstić information content (AvgIpc) is 2.74. The summed E-state index contributed by atoms with van der Waals surface area (Å²) in [6.07, 6.45) is 2.29. The molecule has 1 amide bonds. The van der Waals surface area contributed by atoms with Crippen LogP contribution < -0.4 is 5.32 Å². The molecule has 1 heterocycles. The number of nitrogens with zero attached hydrogens (tertiary/aromatic N) is 2. The number of hydrogen-bond acceptors (Lipinski definition) is 7. The Hall–Kier alpha value is -3.34. The molecule has 1 N–H and O–H groups in total. The number of rotatable bonds is 7. The minimum absolute atomic E-state index is 0.0850. The molecular formula is C21H25N3O5. The fourth-order valence-electron chi connectivity index (χ4n) is 3.04. The zero-order chi connectivity index (χ0) is 21.2. The Morgan fingerprint density at radius 3 is 2.45 bits per heavy atom. The third-order valence-corrected chi connectivity index (χ3v) is 4.55. The van der Waals surface area contributed by atoms with E-state index in [1.54, 1.807) is 43.0 Å². The molecule has 1 fully saturated rings. The number of esters is 2. The van der Waals surface area contributed by atoms with Gasteiger partial charge in [-0.3, -0.25) is 9.59 Å². The highest BCUT2D eigenvalue weighted by molar-refractivity contribution is 5.99. The lowest BCUT2D eigenvalue weighted by atomic mass is 9.96. The van der Waals surface area contributed by atoms with Crippen molar-refractivity contribution in [1.82, 2.24) is 4.90 Å². The zero-order valence-electron chi connectivity index (χ0n) is 16.6. The minimum Gasteiger partial charge on any atom is -0.466 e. The molecule has 0 bridgehead atoms. The van der Waals surface area contributed by atoms with Gasteiger partial charge >= 0.3 is 11.9 Å². The summed E-state index contributed by atoms with van der Waals surface area (Å²) >= 11 is 0. The summed E-state index contributed by atoms with van der Waals surface area (Å²) in [5.41, 5.74) is 0.663. The molecule has 2 rings (SSSR count). The second kappa shape index (κ2) is 10.9. The van der Waals surface area contributed by atoms with E-state index in [4.69, 9.17) is 9.47 Å². The number of para-hydroxylation sites is 1. The van der Waals surface area contributed by atoms with Crippen LogP contribution in [0.15, 0.2) is 36.0 Å². The molecule has 0 aromatic heterocycles. The lowest BCUT2D eigenvalue weighted by molar-refractivity contribution is -0.150. The van der Waals surface area contributed by atoms with Crippen LogP contribution in [0.1, 0.15) is 37.0 Å². The van der Waals surface area contributed by atoms with Crippen molar-refractivity contribution in [3.63, 3.8) is 0 Å². The Balaban J connectivity index is 2.04. The highest BCUT2D eigenvalue weighted by Crippen LogP contribution is 2.21. The van der Waals surface area contributed by atoms with Gasteiger partial charge in [-0.05, 0) is 38.8 Å². The molecule has 0 radical (unpaired) electrons. The highest BCUT2D eigenvalue weighted by Gasteiger charge is 2.29. The number of amides is 1. The van der Waals surface area contributed by atoms with Crippen LogP contribution in [0.3, 0.4) is 0 Å². The second-order valence-electron chi connectivity index (χ2n) is 6.40. The number of benzene rings is 1. The maximum Gasteiger partial charge on any atom is 0.340 e. The molecular weight excluding hydrogens is 374 g/mol. The van der Waals surface area contributed by atoms with Crippen LogP contribution >= 0.6 is 0 Å². The number of ether oxygens (including phenoxy) is 2. The van der Waals surface area contributed by atoms with E-state index in [1.165, 1.54) is 6.20 Å². The predicted octanol–water partition coefficient (Wildman–Crippen LogP) is 2.48. The second-order valence-corrected chi connectivity index (χ2v) is 6.40. The molecule has 0 saturated carbocycles. The molecule has 0 atom stereocenters. The lowest BCUT2D eigenvalue weighted by Gasteiger charge is -2.30. The van der Waals surface area contributed by atoms with Crippen molar-refractivity contribution in [2.24, 2.45) is 5.92 Å². The quantitative estimate of drug-likeness (QED) is 0.426. The number of nitriles is 1. The summed E-state index contributed by atoms with van der Waals surface area (Å²) in [6.45, 7) is 4.80. The van der Waals surface area contributed by atoms with Gasteiger partial charge in [0.2, 0.25) is 0 Å². The van der Waals surface area contributed by atoms with Crippen LogP contribution in [0.4, 0.5) is 5.69 Å². The Morgan fingerprint density at radius 2 is 1.83 bits per heavy atom. The molecule has 1 saturated heterocycles. The Labute approximate surface area is 170 Å². The molecule has 0 aliphatic carbocycles. The Kier molecular flexibility index (Phi) is 8.22. The molecule has 1 aliphatic heterocycles. The molecule has 154 valence electrons. The first-order valence-corrected chi connectivity index (χ1v) is 9.60. The van der Waals surface area contributed by atoms with Crippen LogP contribution in [-0.2, 0) is 19.1 Å². The van der Waals surface area contributed by atoms with E-state index in [-0.39, 0.29) is 24.1 Å². The molecule has 1 aromatic rings. The first-order chi connectivity index (χ1) is 14.0. The largest absolute Gasteiger partial charge is 0.466 e. The van der Waals surface area contributed by atoms with Gasteiger partial charge in [0.05, 0.1) is 30.4 Å². The maximum absolute atomic E-state index is 12.7. The first kappa shape index (κ1) is 22.0. The Morgan fingerprint density at radius 1 is 1.17 bits per heavy atom. The third kappa shape index (κ3) is 5.82. The summed E-state index contributed by atoms with van der Waals surface area (Å²) in [6, 6.07) is 8.58. The molecule has 1 aromatic carbocycles. The van der Waals surface area contributed by atoms with Crippen LogP contribution in [0, 0.1) is 17.2 Å². The van der Waals surface area contributed by atoms with Gasteiger partial charge in [-0.25, -0.2) is 4.79 Å². The van der Waals surface area contributed by atoms with E-state index in [2.05, 4.69) is 5.32 Å². The fourth-order valence-corrected chi connectivity index (χ4v) is 3.04. The summed E-state index contributed by atoms with van der Waals surface area (Å²) in [4.78, 5) is 38.1. The highest BCUT2D eigenvalue weighted by atomic mass is 16.5. The number of anilines is 1. The van der Waals surface area contributed by atoms with Crippen molar-refractivity contribution >= 4 is 23.5 Å². The number of carbonyl (C=O) groups excluding carboxylic acids is 3. The fraction of sp³-hybridized carbons (Fsp3) is 0.429. The lowest BCUT2D eigenvalue weighted by Crippen LogP contribution is -2.41. The van der Waals surface area contributed by atoms with Crippen molar-refractivity contribution in [1.29, 1.82) is 5.26 Å². The van der Waals surface area contributed by atoms with E-state index in [0.29, 0.717) is 43.8 Å². The number of hydrogen-bond donors (Lipinski definition) is 1. The number of carbonyl (C=O) groups is 3. The van der Waals surface area contributed by atoms with Crippen LogP contribution in [0.2, 0.25) is 0 Å². The molecule has 8 nitrogen and oxygen atoms in total. The van der Waals surface area contributed by atoms with Gasteiger partial charge in [-0.1, -0.05) is 12.1 Å². The van der Waals surface area contributed by atoms with Gasteiger partial charge in [0.15, 0.2) is 0 Å². The monoisotopic (exact) mass is 399 g/mol. The standard InChI is InChI=1S/C21H25N3O5/c1-3-28-20(26)15-9-11-24(12-10-15)19(25)16(13-22)14-23-18-8-6-5-7-17(18)21(27)29-4-2/h5-8,14-15,23H,3-4,9-12H2,1-2H3/b16-14-. The SMILES string of the molecule is CCOC(=O)c1ccccc1N/C=C(/C#N)C(=O)N1CCC(C(=O)OCC)CC1. The number of piperidine rings is 1. The number of likely N-dealkylation sites (tertiary alicyclic amines) is 1. The van der Waals surface area contributed by atoms with Crippen molar-refractivity contribution in [2.75, 3.05) is 31.6 Å². The van der Waals surface area contributed by atoms with Gasteiger partial charge in [0.1, 0.15) is 11.6 Å². The molecule has 29 heavy (non-hydrogen) atoms. The summed E-state index contributed by atoms with van der Waals surface area (Å²) in [5.74, 6) is -1.37. The normalized spacial score (nSPS) is 14.7. The van der Waals surface area contributed by atoms with E-state index in [0.717, 1.165) is 0 Å². The van der Waals surface area contributed by atoms with Gasteiger partial charge < -0.3 is 19.7 Å². The zero-order valence-corrected chi connectivity index (χ0v) is 16.6. The van der Waals surface area contributed by atoms with Gasteiger partial charge in [-0.15, -0.1) is 0 Å². The van der Waals surface area contributed by atoms with Gasteiger partial charge in [-0.2, -0.15) is 5.26 Å². The maximum atomic E-state index is 12.7. The third-order valence-electron chi connectivity index (χ3n) is 4.55. The van der Waals surface area contributed by atoms with Crippen LogP contribution in [-0.4, -0.2) is 49.0 Å². The van der Waals surface area contributed by atoms with Crippen LogP contribution in [0.5, 0.6) is 0 Å². The topological polar surface area (TPSA) is 109 Å². The first-order valence-electron chi connectivity index (χ1n) is 9.60. The molecule has 0 unspecified atom stereocenters. The average molecular weight is 399 g/mol. The minimum atomic E-state index is -0.491. The summed E-state index contributed by atoms with van der Waals surface area (Å²) in [7, 11) is 0. The molecule has 8 heteroatoms. The summed E-state index contributed by atoms with van der Waals surface area (Å²) < 4.78 is 10.0. The van der Waals surface area contributed by atoms with E-state index >= 15 is 0 Å². The molecule has 0 spiro atoms. The van der Waals surface area contributed by atoms with Gasteiger partial charge in [0.25, 0.3) is 5.91 Å². The van der Waals surface area contributed by atoms with E-state index < -0.39 is 11.9 Å². The van der Waals surface area contributed by atoms with E-state index in [9.17, 15) is 19.6 Å². The Bertz CT molecular complexity index is 820. The summed E-state index contributed by atoms with van der Waals surface area (Å²) in [5, 5.41) is 12.3. The van der Waals surface area contributed by atoms with Crippen molar-refractivity contribution in [3.8, 4) is 6.07 Å². The molecule has 1 aliphatic rings. The van der Waals surface area contributed by atoms with Gasteiger partial charge in [0, 0.05) is 19.3 Å². The van der Waals surface area contributed by atoms with Crippen molar-refractivity contribution in [2.45, 2.75) is 26.7 Å². The van der Waals surface area contributed by atoms with E-state index in [1.807, 2.05) is 6.07 Å².